The summed E-state index contributed by atoms with van der Waals surface area (Å²) in [5.41, 5.74) is 5.64. The second-order valence-electron chi connectivity index (χ2n) is 9.09. The minimum atomic E-state index is -0.0337. The van der Waals surface area contributed by atoms with Gasteiger partial charge in [-0.2, -0.15) is 0 Å². The zero-order valence-corrected chi connectivity index (χ0v) is 23.3. The predicted octanol–water partition coefficient (Wildman–Crippen LogP) is 7.21. The third kappa shape index (κ3) is 5.30. The van der Waals surface area contributed by atoms with Crippen molar-refractivity contribution in [3.05, 3.63) is 76.7 Å². The summed E-state index contributed by atoms with van der Waals surface area (Å²) in [5, 5.41) is 3.65. The fourth-order valence-electron chi connectivity index (χ4n) is 4.36. The van der Waals surface area contributed by atoms with Crippen molar-refractivity contribution in [2.75, 3.05) is 32.1 Å². The van der Waals surface area contributed by atoms with Gasteiger partial charge in [0.1, 0.15) is 0 Å². The minimum absolute atomic E-state index is 0. The molecule has 1 amide bonds. The van der Waals surface area contributed by atoms with E-state index in [2.05, 4.69) is 45.0 Å². The quantitative estimate of drug-likeness (QED) is 0.220. The van der Waals surface area contributed by atoms with Crippen molar-refractivity contribution < 1.29 is 4.79 Å². The van der Waals surface area contributed by atoms with Crippen molar-refractivity contribution in [2.45, 2.75) is 20.3 Å². The number of hydrogen-bond acceptors (Lipinski definition) is 6. The molecular weight excluding hydrogens is 508 g/mol. The van der Waals surface area contributed by atoms with Crippen molar-refractivity contribution in [3.63, 3.8) is 0 Å². The number of hydrogen-bond donors (Lipinski definition) is 0. The second kappa shape index (κ2) is 11.0. The molecule has 8 heteroatoms. The molecule has 0 aliphatic carbocycles. The summed E-state index contributed by atoms with van der Waals surface area (Å²) in [4.78, 5) is 29.1. The molecule has 3 heterocycles. The molecule has 0 bridgehead atoms. The highest BCUT2D eigenvalue weighted by atomic mass is 35.5. The van der Waals surface area contributed by atoms with E-state index < -0.39 is 0 Å². The molecule has 0 aliphatic heterocycles. The molecule has 0 N–H and O–H groups in total. The topological polar surface area (TPSA) is 49.3 Å². The van der Waals surface area contributed by atoms with Gasteiger partial charge in [0.15, 0.2) is 5.13 Å². The molecule has 186 valence electrons. The number of para-hydroxylation sites is 1. The number of fused-ring (bicyclic) bond motifs is 2. The summed E-state index contributed by atoms with van der Waals surface area (Å²) < 4.78 is 1.13. The first-order chi connectivity index (χ1) is 16.9. The number of thiazole rings is 1. The Hall–Kier alpha value is -2.84. The molecule has 36 heavy (non-hydrogen) atoms. The number of halogens is 1. The molecule has 0 atom stereocenters. The van der Waals surface area contributed by atoms with Crippen LogP contribution >= 0.6 is 35.1 Å². The summed E-state index contributed by atoms with van der Waals surface area (Å²) >= 11 is 3.23. The van der Waals surface area contributed by atoms with Crippen LogP contribution in [0.1, 0.15) is 27.9 Å². The van der Waals surface area contributed by atoms with E-state index >= 15 is 0 Å². The summed E-state index contributed by atoms with van der Waals surface area (Å²) in [6, 6.07) is 18.2. The zero-order valence-electron chi connectivity index (χ0n) is 20.8. The van der Waals surface area contributed by atoms with Crippen LogP contribution in [0.4, 0.5) is 5.13 Å². The maximum atomic E-state index is 14.2. The van der Waals surface area contributed by atoms with Crippen LogP contribution < -0.4 is 4.90 Å². The maximum Gasteiger partial charge on any atom is 0.260 e. The molecule has 0 fully saturated rings. The van der Waals surface area contributed by atoms with E-state index in [-0.39, 0.29) is 18.3 Å². The van der Waals surface area contributed by atoms with Crippen LogP contribution in [-0.2, 0) is 0 Å². The highest BCUT2D eigenvalue weighted by Crippen LogP contribution is 2.34. The minimum Gasteiger partial charge on any atom is -0.309 e. The Balaban J connectivity index is 0.00000304. The lowest BCUT2D eigenvalue weighted by atomic mass is 10.1. The lowest BCUT2D eigenvalue weighted by Gasteiger charge is -2.22. The zero-order chi connectivity index (χ0) is 24.5. The van der Waals surface area contributed by atoms with Crippen molar-refractivity contribution >= 4 is 67.2 Å². The molecular formula is C28H29ClN4OS2. The first-order valence-electron chi connectivity index (χ1n) is 11.7. The normalized spacial score (nSPS) is 11.2. The summed E-state index contributed by atoms with van der Waals surface area (Å²) in [5.74, 6) is -0.0337. The van der Waals surface area contributed by atoms with Crippen LogP contribution in [0, 0.1) is 13.8 Å². The standard InChI is InChI=1S/C28H28N4OS2.ClH/c1-18-15-19(2)26-24(16-18)30-28(35-26)32(13-8-12-31(3)4)27(33)21-17-23(25-11-7-14-34-25)29-22-10-6-5-9-20(21)22;/h5-7,9-11,14-17H,8,12-13H2,1-4H3;1H. The van der Waals surface area contributed by atoms with E-state index in [4.69, 9.17) is 9.97 Å². The molecule has 0 spiro atoms. The average Bonchev–Trinajstić information content (AvgIpc) is 3.51. The molecule has 0 saturated heterocycles. The SMILES string of the molecule is Cc1cc(C)c2sc(N(CCCN(C)C)C(=O)c3cc(-c4cccs4)nc4ccccc34)nc2c1.Cl. The molecule has 2 aromatic carbocycles. The van der Waals surface area contributed by atoms with Gasteiger partial charge >= 0.3 is 0 Å². The van der Waals surface area contributed by atoms with Crippen LogP contribution in [0.25, 0.3) is 31.7 Å². The highest BCUT2D eigenvalue weighted by molar-refractivity contribution is 7.22. The molecule has 0 radical (unpaired) electrons. The summed E-state index contributed by atoms with van der Waals surface area (Å²) in [6.07, 6.45) is 0.855. The van der Waals surface area contributed by atoms with Crippen molar-refractivity contribution in [1.82, 2.24) is 14.9 Å². The third-order valence-electron chi connectivity index (χ3n) is 5.99. The van der Waals surface area contributed by atoms with Crippen LogP contribution in [0.5, 0.6) is 0 Å². The fourth-order valence-corrected chi connectivity index (χ4v) is 6.08. The monoisotopic (exact) mass is 536 g/mol. The van der Waals surface area contributed by atoms with E-state index in [1.165, 1.54) is 11.1 Å². The van der Waals surface area contributed by atoms with Gasteiger partial charge in [-0.15, -0.1) is 23.7 Å². The number of thiophene rings is 1. The Morgan fingerprint density at radius 2 is 1.75 bits per heavy atom. The Labute approximate surface area is 225 Å². The van der Waals surface area contributed by atoms with Crippen molar-refractivity contribution in [2.24, 2.45) is 0 Å². The molecule has 5 rings (SSSR count). The summed E-state index contributed by atoms with van der Waals surface area (Å²) in [6.45, 7) is 5.68. The number of rotatable bonds is 7. The number of pyridine rings is 1. The van der Waals surface area contributed by atoms with E-state index in [0.717, 1.165) is 49.8 Å². The van der Waals surface area contributed by atoms with Crippen LogP contribution in [0.2, 0.25) is 0 Å². The van der Waals surface area contributed by atoms with E-state index in [0.29, 0.717) is 12.1 Å². The number of carbonyl (C=O) groups is 1. The molecule has 5 nitrogen and oxygen atoms in total. The molecule has 0 saturated carbocycles. The predicted molar refractivity (Wildman–Crippen MR) is 156 cm³/mol. The highest BCUT2D eigenvalue weighted by Gasteiger charge is 2.24. The Morgan fingerprint density at radius 1 is 0.944 bits per heavy atom. The van der Waals surface area contributed by atoms with Gasteiger partial charge in [0.05, 0.1) is 31.9 Å². The Morgan fingerprint density at radius 3 is 2.50 bits per heavy atom. The second-order valence-corrected chi connectivity index (χ2v) is 11.0. The van der Waals surface area contributed by atoms with Gasteiger partial charge in [0.25, 0.3) is 5.91 Å². The number of anilines is 1. The van der Waals surface area contributed by atoms with Crippen LogP contribution in [0.3, 0.4) is 0 Å². The van der Waals surface area contributed by atoms with Gasteiger partial charge in [0.2, 0.25) is 0 Å². The lowest BCUT2D eigenvalue weighted by molar-refractivity contribution is 0.0987. The third-order valence-corrected chi connectivity index (χ3v) is 8.11. The Bertz CT molecular complexity index is 1510. The number of amides is 1. The lowest BCUT2D eigenvalue weighted by Crippen LogP contribution is -2.33. The summed E-state index contributed by atoms with van der Waals surface area (Å²) in [7, 11) is 4.11. The largest absolute Gasteiger partial charge is 0.309 e. The average molecular weight is 537 g/mol. The van der Waals surface area contributed by atoms with Gasteiger partial charge in [-0.1, -0.05) is 41.7 Å². The van der Waals surface area contributed by atoms with Gasteiger partial charge in [0, 0.05) is 11.9 Å². The first kappa shape index (κ1) is 26.2. The van der Waals surface area contributed by atoms with Crippen molar-refractivity contribution in [3.8, 4) is 10.6 Å². The smallest absolute Gasteiger partial charge is 0.260 e. The van der Waals surface area contributed by atoms with Gasteiger partial charge in [-0.25, -0.2) is 9.97 Å². The van der Waals surface area contributed by atoms with Gasteiger partial charge < -0.3 is 4.90 Å². The van der Waals surface area contributed by atoms with Gasteiger partial charge in [-0.05, 0) is 81.7 Å². The number of benzene rings is 2. The Kier molecular flexibility index (Phi) is 8.05. The fraction of sp³-hybridized carbons (Fsp3) is 0.250. The van der Waals surface area contributed by atoms with Crippen LogP contribution in [-0.4, -0.2) is 48.0 Å². The molecule has 0 unspecified atom stereocenters. The number of carbonyl (C=O) groups excluding carboxylic acids is 1. The van der Waals surface area contributed by atoms with E-state index in [1.54, 1.807) is 22.7 Å². The molecule has 0 aliphatic rings. The van der Waals surface area contributed by atoms with Gasteiger partial charge in [-0.3, -0.25) is 9.69 Å². The van der Waals surface area contributed by atoms with Crippen molar-refractivity contribution in [1.29, 1.82) is 0 Å². The maximum absolute atomic E-state index is 14.2. The van der Waals surface area contributed by atoms with E-state index in [1.807, 2.05) is 52.7 Å². The number of aromatic nitrogens is 2. The van der Waals surface area contributed by atoms with Crippen LogP contribution in [0.15, 0.2) is 60.0 Å². The van der Waals surface area contributed by atoms with E-state index in [9.17, 15) is 4.79 Å². The molecule has 3 aromatic heterocycles. The number of nitrogens with zero attached hydrogens (tertiary/aromatic N) is 4. The first-order valence-corrected chi connectivity index (χ1v) is 13.4. The molecule has 5 aromatic rings. The number of aryl methyl sites for hydroxylation is 2.